The van der Waals surface area contributed by atoms with Crippen LogP contribution in [0, 0.1) is 23.7 Å². The van der Waals surface area contributed by atoms with E-state index >= 15 is 0 Å². The normalized spacial score (nSPS) is 35.2. The molecule has 5 amide bonds. The maximum Gasteiger partial charge on any atom is 0.312 e. The Morgan fingerprint density at radius 3 is 2.22 bits per heavy atom. The van der Waals surface area contributed by atoms with Gasteiger partial charge in [-0.25, -0.2) is 4.79 Å². The summed E-state index contributed by atoms with van der Waals surface area (Å²) in [5.74, 6) is -4.00. The van der Waals surface area contributed by atoms with Crippen molar-refractivity contribution < 1.29 is 90.8 Å². The first-order chi connectivity index (χ1) is 45.6. The van der Waals surface area contributed by atoms with Gasteiger partial charge >= 0.3 is 12.0 Å². The maximum atomic E-state index is 14.5. The fourth-order valence-corrected chi connectivity index (χ4v) is 16.4. The summed E-state index contributed by atoms with van der Waals surface area (Å²) in [7, 11) is 1.60. The molecule has 6 unspecified atom stereocenters. The van der Waals surface area contributed by atoms with Gasteiger partial charge in [0.05, 0.1) is 73.2 Å². The van der Waals surface area contributed by atoms with Crippen LogP contribution in [0.15, 0.2) is 60.7 Å². The molecule has 11 aliphatic rings. The molecule has 522 valence electrons. The van der Waals surface area contributed by atoms with Gasteiger partial charge in [-0.3, -0.25) is 38.5 Å². The van der Waals surface area contributed by atoms with Gasteiger partial charge in [-0.05, 0) is 111 Å². The van der Waals surface area contributed by atoms with Crippen molar-refractivity contribution in [1.29, 1.82) is 0 Å². The average Bonchev–Trinajstić information content (AvgIpc) is 1.55. The van der Waals surface area contributed by atoms with Gasteiger partial charge in [0.2, 0.25) is 5.91 Å². The number of carbonyl (C=O) groups excluding carboxylic acids is 8. The van der Waals surface area contributed by atoms with Crippen molar-refractivity contribution in [2.24, 2.45) is 29.4 Å². The molecular formula is C72H100N4O19. The standard InChI is InChI=1S/C72H100N4O19/c1-39(2)51(33-45(77)11-8-7-9-28-76-61(81)22-23-62(76)82)70(84)75-53(12-10-27-74-71(73)85)54(80)31-43-13-15-44(16-14-43)38-87-63(83)24-17-46(78)35-59-64(86-6)52-34-47(79)32-49-19-21-56-65(90-49)69-68-67(92-56)66-60(93-68)37-72(94-66,95-69)26-25-50-30-41(4)55(88-50)20-18-48-29-40(3)42(5)57(89-48)36-58(52)91-59/h13-16,22-23,39-40,46,48-53,55-60,64-69,78H,4-5,7-12,17-21,24-38H2,1-3,6H3,(H,75,84)(H3,73,74,85)/t40?,46-,48+,49?,50+,51+,52+,53+,55?,56+,57?,58+,59-,60?,64-,65+,66?,67+,68-,69+,72+/m1/s1. The number of primary amides is 1. The van der Waals surface area contributed by atoms with Gasteiger partial charge in [0.1, 0.15) is 48.7 Å². The molecule has 12 bridgehead atoms. The molecule has 10 fully saturated rings. The number of carbonyl (C=O) groups is 8. The lowest BCUT2D eigenvalue weighted by Crippen LogP contribution is -2.61. The molecule has 1 spiro atoms. The van der Waals surface area contributed by atoms with Crippen molar-refractivity contribution in [1.82, 2.24) is 15.5 Å². The summed E-state index contributed by atoms with van der Waals surface area (Å²) in [5, 5.41) is 17.0. The lowest BCUT2D eigenvalue weighted by atomic mass is 9.81. The highest BCUT2D eigenvalue weighted by Crippen LogP contribution is 2.55. The Kier molecular flexibility index (Phi) is 23.4. The number of ketones is 3. The van der Waals surface area contributed by atoms with E-state index < -0.39 is 78.2 Å². The van der Waals surface area contributed by atoms with Gasteiger partial charge < -0.3 is 68.8 Å². The number of fused-ring (bicyclic) bond motifs is 6. The molecule has 1 aromatic carbocycles. The van der Waals surface area contributed by atoms with Crippen LogP contribution in [-0.2, 0) is 94.0 Å². The molecule has 23 nitrogen and oxygen atoms in total. The number of hydrogen-bond donors (Lipinski definition) is 4. The van der Waals surface area contributed by atoms with E-state index in [1.165, 1.54) is 17.1 Å². The SMILES string of the molecule is C=C1C[C@@H]2CC[C@@]34CC5O[C@H]6[C@@H](O3)[C@H]3OC(CC[C@@H]3O[C@H]6C5O4)CC(=O)C[C@@H]3[C@@H](OC)[C@@H](C[C@H](O)CCC(=O)OCc4ccc(CC(=O)[C@H](CCCNC(N)=O)NC(=O)[C@@H](CC(=O)CCCCCN5C(=O)C=CC5=O)C(C)C)cc4)O[C@H]3CC3O[C@@H](CCC1O2)CC(C)C3=C. The predicted octanol–water partition coefficient (Wildman–Crippen LogP) is 6.76. The van der Waals surface area contributed by atoms with Gasteiger partial charge in [-0.1, -0.05) is 64.6 Å². The summed E-state index contributed by atoms with van der Waals surface area (Å²) in [6.45, 7) is 15.3. The van der Waals surface area contributed by atoms with Crippen molar-refractivity contribution in [2.75, 3.05) is 20.2 Å². The Labute approximate surface area is 557 Å². The number of rotatable bonds is 26. The lowest BCUT2D eigenvalue weighted by Gasteiger charge is -2.47. The minimum Gasteiger partial charge on any atom is -0.461 e. The van der Waals surface area contributed by atoms with Crippen LogP contribution in [-0.4, -0.2) is 187 Å². The molecule has 12 rings (SSSR count). The molecule has 0 aliphatic carbocycles. The van der Waals surface area contributed by atoms with Crippen LogP contribution in [0.4, 0.5) is 4.79 Å². The second-order valence-corrected chi connectivity index (χ2v) is 28.9. The number of aliphatic hydroxyl groups is 1. The number of nitrogens with zero attached hydrogens (tertiary/aromatic N) is 1. The number of hydrogen-bond acceptors (Lipinski definition) is 19. The van der Waals surface area contributed by atoms with E-state index in [0.29, 0.717) is 68.9 Å². The number of Topliss-reactive ketones (excluding diaryl/α,β-unsaturated/α-hetero) is 3. The van der Waals surface area contributed by atoms with Crippen LogP contribution in [0.1, 0.15) is 173 Å². The number of urea groups is 1. The topological polar surface area (TPSA) is 302 Å². The summed E-state index contributed by atoms with van der Waals surface area (Å²) >= 11 is 0. The van der Waals surface area contributed by atoms with E-state index in [-0.39, 0.29) is 180 Å². The third-order valence-corrected chi connectivity index (χ3v) is 21.7. The molecule has 0 saturated carbocycles. The Hall–Kier alpha value is -5.60. The third-order valence-electron chi connectivity index (χ3n) is 21.7. The molecule has 1 aromatic rings. The summed E-state index contributed by atoms with van der Waals surface area (Å²) in [6, 6.07) is 5.35. The van der Waals surface area contributed by atoms with E-state index in [9.17, 15) is 43.5 Å². The number of unbranched alkanes of at least 4 members (excludes halogenated alkanes) is 2. The van der Waals surface area contributed by atoms with Gasteiger partial charge in [-0.15, -0.1) is 0 Å². The first-order valence-corrected chi connectivity index (χ1v) is 35.1. The number of benzene rings is 1. The number of amides is 5. The first-order valence-electron chi connectivity index (χ1n) is 35.1. The molecule has 95 heavy (non-hydrogen) atoms. The highest BCUT2D eigenvalue weighted by atomic mass is 16.8. The first kappa shape index (κ1) is 70.7. The van der Waals surface area contributed by atoms with Crippen LogP contribution in [0.2, 0.25) is 0 Å². The van der Waals surface area contributed by atoms with Crippen molar-refractivity contribution in [3.63, 3.8) is 0 Å². The molecule has 0 aromatic heterocycles. The zero-order chi connectivity index (χ0) is 67.2. The third kappa shape index (κ3) is 17.3. The average molecular weight is 1330 g/mol. The summed E-state index contributed by atoms with van der Waals surface area (Å²) in [4.78, 5) is 105. The van der Waals surface area contributed by atoms with Crippen molar-refractivity contribution in [3.05, 3.63) is 71.8 Å². The number of methoxy groups -OCH3 is 1. The molecule has 21 atom stereocenters. The number of esters is 1. The highest BCUT2D eigenvalue weighted by molar-refractivity contribution is 6.12. The van der Waals surface area contributed by atoms with Crippen molar-refractivity contribution in [2.45, 2.75) is 285 Å². The lowest BCUT2D eigenvalue weighted by molar-refractivity contribution is -0.292. The van der Waals surface area contributed by atoms with Crippen LogP contribution in [0.3, 0.4) is 0 Å². The van der Waals surface area contributed by atoms with Gasteiger partial charge in [0.25, 0.3) is 11.8 Å². The van der Waals surface area contributed by atoms with E-state index in [4.69, 9.17) is 53.1 Å². The Morgan fingerprint density at radius 1 is 0.747 bits per heavy atom. The maximum absolute atomic E-state index is 14.5. The Morgan fingerprint density at radius 2 is 1.46 bits per heavy atom. The Bertz CT molecular complexity index is 2990. The van der Waals surface area contributed by atoms with Crippen molar-refractivity contribution in [3.8, 4) is 0 Å². The smallest absolute Gasteiger partial charge is 0.312 e. The quantitative estimate of drug-likeness (QED) is 0.0322. The molecule has 11 aliphatic heterocycles. The Balaban J connectivity index is 0.674. The molecule has 5 N–H and O–H groups in total. The fraction of sp³-hybridized carbons (Fsp3) is 0.722. The summed E-state index contributed by atoms with van der Waals surface area (Å²) < 4.78 is 66.6. The molecular weight excluding hydrogens is 1220 g/mol. The van der Waals surface area contributed by atoms with Gasteiger partial charge in [-0.2, -0.15) is 0 Å². The zero-order valence-electron chi connectivity index (χ0n) is 55.7. The van der Waals surface area contributed by atoms with E-state index in [0.717, 1.165) is 43.3 Å². The van der Waals surface area contributed by atoms with Crippen LogP contribution in [0.25, 0.3) is 0 Å². The summed E-state index contributed by atoms with van der Waals surface area (Å²) in [5.41, 5.74) is 8.65. The number of ether oxygens (including phenoxy) is 10. The zero-order valence-corrected chi connectivity index (χ0v) is 55.7. The molecule has 23 heteroatoms. The minimum atomic E-state index is -0.979. The second-order valence-electron chi connectivity index (χ2n) is 28.9. The number of nitrogens with two attached hydrogens (primary N) is 1. The molecule has 11 heterocycles. The van der Waals surface area contributed by atoms with Gasteiger partial charge in [0.15, 0.2) is 11.6 Å². The van der Waals surface area contributed by atoms with Gasteiger partial charge in [0, 0.05) is 108 Å². The minimum absolute atomic E-state index is 0.0129. The van der Waals surface area contributed by atoms with Crippen LogP contribution < -0.4 is 16.4 Å². The van der Waals surface area contributed by atoms with E-state index in [1.54, 1.807) is 31.4 Å². The predicted molar refractivity (Wildman–Crippen MR) is 342 cm³/mol. The highest BCUT2D eigenvalue weighted by Gasteiger charge is 2.69. The monoisotopic (exact) mass is 1320 g/mol. The number of aliphatic hydroxyl groups excluding tert-OH is 1. The van der Waals surface area contributed by atoms with E-state index in [1.807, 2.05) is 13.8 Å². The van der Waals surface area contributed by atoms with E-state index in [2.05, 4.69) is 30.7 Å². The molecule has 10 saturated heterocycles. The summed E-state index contributed by atoms with van der Waals surface area (Å²) in [6.07, 6.45) is 6.74. The fourth-order valence-electron chi connectivity index (χ4n) is 16.4. The van der Waals surface area contributed by atoms with Crippen LogP contribution in [0.5, 0.6) is 0 Å². The number of imide groups is 1. The molecule has 0 radical (unpaired) electrons. The number of nitrogens with one attached hydrogen (secondary N) is 2. The second kappa shape index (κ2) is 31.5. The van der Waals surface area contributed by atoms with Crippen LogP contribution >= 0.6 is 0 Å². The largest absolute Gasteiger partial charge is 0.461 e. The van der Waals surface area contributed by atoms with Crippen molar-refractivity contribution >= 4 is 47.1 Å².